The van der Waals surface area contributed by atoms with Crippen LogP contribution in [0.15, 0.2) is 41.3 Å². The molecule has 0 spiro atoms. The number of ether oxygens (including phenoxy) is 1. The minimum absolute atomic E-state index is 0.0983. The van der Waals surface area contributed by atoms with E-state index in [9.17, 15) is 18.0 Å². The summed E-state index contributed by atoms with van der Waals surface area (Å²) in [5.74, 6) is -0.135. The van der Waals surface area contributed by atoms with Crippen molar-refractivity contribution in [1.82, 2.24) is 4.31 Å². The second-order valence-electron chi connectivity index (χ2n) is 8.51. The zero-order valence-electron chi connectivity index (χ0n) is 18.0. The van der Waals surface area contributed by atoms with E-state index < -0.39 is 22.2 Å². The molecule has 0 bridgehead atoms. The Morgan fingerprint density at radius 1 is 1.19 bits per heavy atom. The van der Waals surface area contributed by atoms with E-state index in [1.54, 1.807) is 24.8 Å². The summed E-state index contributed by atoms with van der Waals surface area (Å²) < 4.78 is 34.3. The van der Waals surface area contributed by atoms with Crippen LogP contribution >= 0.6 is 0 Å². The van der Waals surface area contributed by atoms with Crippen molar-refractivity contribution in [2.75, 3.05) is 23.3 Å². The van der Waals surface area contributed by atoms with Crippen LogP contribution in [0.5, 0.6) is 5.75 Å². The maximum atomic E-state index is 13.7. The molecule has 0 saturated carbocycles. The van der Waals surface area contributed by atoms with Crippen LogP contribution in [-0.2, 0) is 26.0 Å². The Morgan fingerprint density at radius 2 is 1.97 bits per heavy atom. The number of nitrogens with zero attached hydrogens (tertiary/aromatic N) is 2. The van der Waals surface area contributed by atoms with Gasteiger partial charge >= 0.3 is 0 Å². The molecule has 0 aliphatic carbocycles. The molecular weight excluding hydrogens is 430 g/mol. The predicted octanol–water partition coefficient (Wildman–Crippen LogP) is 2.46. The lowest BCUT2D eigenvalue weighted by Gasteiger charge is -2.29. The maximum absolute atomic E-state index is 13.7. The lowest BCUT2D eigenvalue weighted by atomic mass is 10.1. The van der Waals surface area contributed by atoms with Gasteiger partial charge in [0.15, 0.2) is 6.10 Å². The molecule has 1 fully saturated rings. The lowest BCUT2D eigenvalue weighted by Crippen LogP contribution is -2.47. The number of hydrogen-bond acceptors (Lipinski definition) is 5. The van der Waals surface area contributed by atoms with E-state index in [0.29, 0.717) is 42.9 Å². The minimum atomic E-state index is -3.94. The number of aryl methyl sites for hydroxylation is 1. The average molecular weight is 456 g/mol. The quantitative estimate of drug-likeness (QED) is 0.767. The Balaban J connectivity index is 1.47. The van der Waals surface area contributed by atoms with Crippen molar-refractivity contribution < 1.29 is 22.7 Å². The number of benzene rings is 2. The van der Waals surface area contributed by atoms with E-state index in [4.69, 9.17) is 4.74 Å². The highest BCUT2D eigenvalue weighted by Crippen LogP contribution is 2.38. The molecule has 2 aromatic rings. The molecular formula is C23H25N3O5S. The van der Waals surface area contributed by atoms with Crippen molar-refractivity contribution in [2.45, 2.75) is 50.2 Å². The van der Waals surface area contributed by atoms with Crippen molar-refractivity contribution in [3.05, 3.63) is 47.5 Å². The number of carbonyl (C=O) groups is 2. The second-order valence-corrected chi connectivity index (χ2v) is 10.4. The van der Waals surface area contributed by atoms with Crippen LogP contribution in [0.4, 0.5) is 11.4 Å². The Hall–Kier alpha value is -2.91. The summed E-state index contributed by atoms with van der Waals surface area (Å²) >= 11 is 0. The molecule has 5 rings (SSSR count). The molecule has 8 nitrogen and oxygen atoms in total. The first-order valence-corrected chi connectivity index (χ1v) is 12.2. The minimum Gasteiger partial charge on any atom is -0.479 e. The molecule has 168 valence electrons. The molecule has 2 amide bonds. The first-order valence-electron chi connectivity index (χ1n) is 10.8. The molecule has 1 saturated heterocycles. The highest BCUT2D eigenvalue weighted by atomic mass is 32.2. The molecule has 0 unspecified atom stereocenters. The average Bonchev–Trinajstić information content (AvgIpc) is 3.42. The highest BCUT2D eigenvalue weighted by Gasteiger charge is 2.43. The molecule has 1 N–H and O–H groups in total. The Kier molecular flexibility index (Phi) is 4.98. The monoisotopic (exact) mass is 455 g/mol. The number of amides is 2. The smallest absolute Gasteiger partial charge is 0.265 e. The molecule has 3 heterocycles. The molecule has 3 aliphatic heterocycles. The molecule has 32 heavy (non-hydrogen) atoms. The van der Waals surface area contributed by atoms with Gasteiger partial charge < -0.3 is 15.0 Å². The molecule has 2 atom stereocenters. The second kappa shape index (κ2) is 7.60. The normalized spacial score (nSPS) is 22.8. The van der Waals surface area contributed by atoms with Gasteiger partial charge in [0.05, 0.1) is 10.6 Å². The number of anilines is 2. The third-order valence-corrected chi connectivity index (χ3v) is 8.49. The van der Waals surface area contributed by atoms with Gasteiger partial charge in [-0.15, -0.1) is 0 Å². The first kappa shape index (κ1) is 21.0. The third kappa shape index (κ3) is 3.27. The predicted molar refractivity (Wildman–Crippen MR) is 119 cm³/mol. The van der Waals surface area contributed by atoms with E-state index in [0.717, 1.165) is 17.7 Å². The summed E-state index contributed by atoms with van der Waals surface area (Å²) in [6.07, 6.45) is 1.17. The van der Waals surface area contributed by atoms with Gasteiger partial charge in [-0.05, 0) is 56.4 Å². The number of rotatable bonds is 3. The highest BCUT2D eigenvalue weighted by molar-refractivity contribution is 7.89. The summed E-state index contributed by atoms with van der Waals surface area (Å²) in [4.78, 5) is 27.1. The van der Waals surface area contributed by atoms with Crippen molar-refractivity contribution >= 4 is 33.2 Å². The summed E-state index contributed by atoms with van der Waals surface area (Å²) in [5, 5.41) is 2.74. The van der Waals surface area contributed by atoms with Crippen LogP contribution < -0.4 is 15.0 Å². The van der Waals surface area contributed by atoms with E-state index in [1.807, 2.05) is 24.3 Å². The van der Waals surface area contributed by atoms with E-state index in [1.165, 1.54) is 10.4 Å². The summed E-state index contributed by atoms with van der Waals surface area (Å²) in [7, 11) is -3.94. The Morgan fingerprint density at radius 3 is 2.78 bits per heavy atom. The van der Waals surface area contributed by atoms with Crippen molar-refractivity contribution in [1.29, 1.82) is 0 Å². The summed E-state index contributed by atoms with van der Waals surface area (Å²) in [6, 6.07) is 10.1. The Labute approximate surface area is 187 Å². The number of para-hydroxylation sites is 1. The van der Waals surface area contributed by atoms with Gasteiger partial charge in [-0.1, -0.05) is 18.2 Å². The zero-order chi connectivity index (χ0) is 22.6. The van der Waals surface area contributed by atoms with Crippen molar-refractivity contribution in [2.24, 2.45) is 0 Å². The number of sulfonamides is 1. The fraction of sp³-hybridized carbons (Fsp3) is 0.391. The van der Waals surface area contributed by atoms with E-state index >= 15 is 0 Å². The topological polar surface area (TPSA) is 96.0 Å². The van der Waals surface area contributed by atoms with Gasteiger partial charge in [-0.2, -0.15) is 4.31 Å². The molecule has 9 heteroatoms. The van der Waals surface area contributed by atoms with E-state index in [-0.39, 0.29) is 16.7 Å². The SMILES string of the molecule is Cc1cc2c(cc1S(=O)(=O)N1CCC[C@@H]1C(=O)N1CCc3ccccc31)O[C@@H](C)C(=O)N2. The molecule has 3 aliphatic rings. The van der Waals surface area contributed by atoms with Gasteiger partial charge in [0.1, 0.15) is 11.8 Å². The lowest BCUT2D eigenvalue weighted by molar-refractivity contribution is -0.123. The fourth-order valence-corrected chi connectivity index (χ4v) is 6.64. The first-order chi connectivity index (χ1) is 15.3. The summed E-state index contributed by atoms with van der Waals surface area (Å²) in [6.45, 7) is 4.14. The number of hydrogen-bond donors (Lipinski definition) is 1. The number of nitrogens with one attached hydrogen (secondary N) is 1. The Bertz CT molecular complexity index is 1230. The van der Waals surface area contributed by atoms with Crippen molar-refractivity contribution in [3.63, 3.8) is 0 Å². The van der Waals surface area contributed by atoms with Gasteiger partial charge in [0, 0.05) is 24.8 Å². The van der Waals surface area contributed by atoms with Crippen LogP contribution in [0.25, 0.3) is 0 Å². The van der Waals surface area contributed by atoms with Gasteiger partial charge in [0.2, 0.25) is 15.9 Å². The van der Waals surface area contributed by atoms with Crippen LogP contribution in [0.1, 0.15) is 30.9 Å². The molecule has 2 aromatic carbocycles. The van der Waals surface area contributed by atoms with E-state index in [2.05, 4.69) is 5.32 Å². The zero-order valence-corrected chi connectivity index (χ0v) is 18.8. The standard InChI is InChI=1S/C23H25N3O5S/c1-14-12-17-20(31-15(2)22(27)24-17)13-21(14)32(29,30)26-10-5-8-19(26)23(28)25-11-9-16-6-3-4-7-18(16)25/h3-4,6-7,12-13,15,19H,5,8-11H2,1-2H3,(H,24,27)/t15-,19+/m0/s1. The summed E-state index contributed by atoms with van der Waals surface area (Å²) in [5.41, 5.74) is 2.91. The van der Waals surface area contributed by atoms with Gasteiger partial charge in [0.25, 0.3) is 5.91 Å². The van der Waals surface area contributed by atoms with Crippen molar-refractivity contribution in [3.8, 4) is 5.75 Å². The molecule has 0 aromatic heterocycles. The largest absolute Gasteiger partial charge is 0.479 e. The van der Waals surface area contributed by atoms with Crippen LogP contribution in [0.2, 0.25) is 0 Å². The van der Waals surface area contributed by atoms with Gasteiger partial charge in [-0.25, -0.2) is 8.42 Å². The van der Waals surface area contributed by atoms with Crippen LogP contribution in [0.3, 0.4) is 0 Å². The van der Waals surface area contributed by atoms with Crippen LogP contribution in [0, 0.1) is 6.92 Å². The van der Waals surface area contributed by atoms with Gasteiger partial charge in [-0.3, -0.25) is 9.59 Å². The maximum Gasteiger partial charge on any atom is 0.265 e. The number of fused-ring (bicyclic) bond motifs is 2. The third-order valence-electron chi connectivity index (χ3n) is 6.44. The number of carbonyl (C=O) groups excluding carboxylic acids is 2. The van der Waals surface area contributed by atoms with Crippen LogP contribution in [-0.4, -0.2) is 49.8 Å². The molecule has 0 radical (unpaired) electrons. The fourth-order valence-electron chi connectivity index (χ4n) is 4.77.